The Balaban J connectivity index is 1.35. The second-order valence-electron chi connectivity index (χ2n) is 8.17. The van der Waals surface area contributed by atoms with E-state index in [2.05, 4.69) is 10.2 Å². The standard InChI is InChI=1S/C22H31F2N3O2/c23-18-5-6-19(20(24)15-18)22(29)25-10-7-21(28)27-13-8-17(9-14-27)16-26-11-3-1-2-4-12-26/h5-6,15,17H,1-4,7-14,16H2,(H,25,29). The van der Waals surface area contributed by atoms with Crippen LogP contribution in [0.3, 0.4) is 0 Å². The Morgan fingerprint density at radius 1 is 1.00 bits per heavy atom. The predicted molar refractivity (Wildman–Crippen MR) is 108 cm³/mol. The molecule has 0 aliphatic carbocycles. The summed E-state index contributed by atoms with van der Waals surface area (Å²) in [6.07, 6.45) is 7.51. The van der Waals surface area contributed by atoms with Crippen LogP contribution in [0, 0.1) is 17.6 Å². The first-order valence-corrected chi connectivity index (χ1v) is 10.8. The molecule has 2 amide bonds. The molecule has 2 aliphatic heterocycles. The van der Waals surface area contributed by atoms with Gasteiger partial charge in [-0.3, -0.25) is 9.59 Å². The number of rotatable bonds is 6. The average molecular weight is 408 g/mol. The van der Waals surface area contributed by atoms with E-state index < -0.39 is 17.5 Å². The number of carbonyl (C=O) groups is 2. The summed E-state index contributed by atoms with van der Waals surface area (Å²) in [5.41, 5.74) is -0.215. The molecule has 160 valence electrons. The molecule has 29 heavy (non-hydrogen) atoms. The fraction of sp³-hybridized carbons (Fsp3) is 0.636. The van der Waals surface area contributed by atoms with E-state index in [9.17, 15) is 18.4 Å². The number of hydrogen-bond donors (Lipinski definition) is 1. The van der Waals surface area contributed by atoms with Gasteiger partial charge in [0.1, 0.15) is 11.6 Å². The van der Waals surface area contributed by atoms with Crippen molar-refractivity contribution in [3.63, 3.8) is 0 Å². The van der Waals surface area contributed by atoms with Crippen LogP contribution in [0.1, 0.15) is 55.3 Å². The summed E-state index contributed by atoms with van der Waals surface area (Å²) in [5.74, 6) is -1.60. The van der Waals surface area contributed by atoms with Crippen molar-refractivity contribution in [1.82, 2.24) is 15.1 Å². The molecule has 0 radical (unpaired) electrons. The van der Waals surface area contributed by atoms with Crippen LogP contribution >= 0.6 is 0 Å². The van der Waals surface area contributed by atoms with Gasteiger partial charge in [-0.05, 0) is 56.8 Å². The smallest absolute Gasteiger partial charge is 0.254 e. The highest BCUT2D eigenvalue weighted by molar-refractivity contribution is 5.94. The second-order valence-corrected chi connectivity index (χ2v) is 8.17. The first-order valence-electron chi connectivity index (χ1n) is 10.8. The van der Waals surface area contributed by atoms with E-state index in [1.807, 2.05) is 4.90 Å². The van der Waals surface area contributed by atoms with Crippen molar-refractivity contribution in [2.24, 2.45) is 5.92 Å². The maximum atomic E-state index is 13.6. The Labute approximate surface area is 171 Å². The zero-order chi connectivity index (χ0) is 20.6. The van der Waals surface area contributed by atoms with Gasteiger partial charge < -0.3 is 15.1 Å². The minimum absolute atomic E-state index is 0.0121. The summed E-state index contributed by atoms with van der Waals surface area (Å²) in [5, 5.41) is 2.54. The van der Waals surface area contributed by atoms with Gasteiger partial charge in [0, 0.05) is 38.7 Å². The van der Waals surface area contributed by atoms with Gasteiger partial charge in [0.2, 0.25) is 5.91 Å². The number of nitrogens with zero attached hydrogens (tertiary/aromatic N) is 2. The minimum Gasteiger partial charge on any atom is -0.351 e. The molecule has 2 aliphatic rings. The first-order chi connectivity index (χ1) is 14.0. The molecule has 3 rings (SSSR count). The number of carbonyl (C=O) groups excluding carboxylic acids is 2. The molecule has 1 aromatic rings. The summed E-state index contributed by atoms with van der Waals surface area (Å²) >= 11 is 0. The molecular formula is C22H31F2N3O2. The number of piperidine rings is 1. The molecule has 1 N–H and O–H groups in total. The number of likely N-dealkylation sites (tertiary alicyclic amines) is 2. The fourth-order valence-electron chi connectivity index (χ4n) is 4.26. The normalized spacial score (nSPS) is 19.0. The predicted octanol–water partition coefficient (Wildman–Crippen LogP) is 3.20. The number of hydrogen-bond acceptors (Lipinski definition) is 3. The van der Waals surface area contributed by atoms with Gasteiger partial charge in [0.15, 0.2) is 0 Å². The SMILES string of the molecule is O=C(NCCC(=O)N1CCC(CN2CCCCCC2)CC1)c1ccc(F)cc1F. The summed E-state index contributed by atoms with van der Waals surface area (Å²) in [6.45, 7) is 5.21. The maximum Gasteiger partial charge on any atom is 0.254 e. The molecule has 2 fully saturated rings. The van der Waals surface area contributed by atoms with Crippen molar-refractivity contribution in [3.05, 3.63) is 35.4 Å². The van der Waals surface area contributed by atoms with Crippen LogP contribution in [-0.4, -0.2) is 60.9 Å². The zero-order valence-corrected chi connectivity index (χ0v) is 17.0. The highest BCUT2D eigenvalue weighted by Crippen LogP contribution is 2.21. The van der Waals surface area contributed by atoms with E-state index in [4.69, 9.17) is 0 Å². The van der Waals surface area contributed by atoms with E-state index in [1.165, 1.54) is 38.8 Å². The van der Waals surface area contributed by atoms with E-state index in [1.54, 1.807) is 0 Å². The largest absolute Gasteiger partial charge is 0.351 e. The lowest BCUT2D eigenvalue weighted by Crippen LogP contribution is -2.42. The van der Waals surface area contributed by atoms with Crippen LogP contribution in [0.2, 0.25) is 0 Å². The van der Waals surface area contributed by atoms with Crippen LogP contribution in [-0.2, 0) is 4.79 Å². The highest BCUT2D eigenvalue weighted by Gasteiger charge is 2.24. The Morgan fingerprint density at radius 3 is 2.34 bits per heavy atom. The van der Waals surface area contributed by atoms with Gasteiger partial charge in [0.25, 0.3) is 5.91 Å². The lowest BCUT2D eigenvalue weighted by atomic mass is 9.96. The fourth-order valence-corrected chi connectivity index (χ4v) is 4.26. The van der Waals surface area contributed by atoms with Crippen molar-refractivity contribution >= 4 is 11.8 Å². The molecule has 2 heterocycles. The Bertz CT molecular complexity index is 697. The van der Waals surface area contributed by atoms with Gasteiger partial charge in [-0.25, -0.2) is 8.78 Å². The zero-order valence-electron chi connectivity index (χ0n) is 17.0. The van der Waals surface area contributed by atoms with Gasteiger partial charge in [-0.2, -0.15) is 0 Å². The van der Waals surface area contributed by atoms with Crippen molar-refractivity contribution in [2.45, 2.75) is 44.9 Å². The molecular weight excluding hydrogens is 376 g/mol. The van der Waals surface area contributed by atoms with Crippen LogP contribution < -0.4 is 5.32 Å². The summed E-state index contributed by atoms with van der Waals surface area (Å²) < 4.78 is 26.6. The molecule has 0 bridgehead atoms. The van der Waals surface area contributed by atoms with E-state index in [0.717, 1.165) is 44.6 Å². The van der Waals surface area contributed by atoms with Crippen LogP contribution in [0.5, 0.6) is 0 Å². The third kappa shape index (κ3) is 6.49. The van der Waals surface area contributed by atoms with Crippen molar-refractivity contribution in [3.8, 4) is 0 Å². The van der Waals surface area contributed by atoms with E-state index in [-0.39, 0.29) is 24.4 Å². The highest BCUT2D eigenvalue weighted by atomic mass is 19.1. The maximum absolute atomic E-state index is 13.6. The Morgan fingerprint density at radius 2 is 1.69 bits per heavy atom. The molecule has 5 nitrogen and oxygen atoms in total. The van der Waals surface area contributed by atoms with Crippen molar-refractivity contribution in [2.75, 3.05) is 39.3 Å². The topological polar surface area (TPSA) is 52.7 Å². The second kappa shape index (κ2) is 10.7. The summed E-state index contributed by atoms with van der Waals surface area (Å²) in [7, 11) is 0. The molecule has 2 saturated heterocycles. The van der Waals surface area contributed by atoms with Crippen LogP contribution in [0.4, 0.5) is 8.78 Å². The molecule has 0 saturated carbocycles. The first kappa shape index (κ1) is 21.7. The molecule has 0 unspecified atom stereocenters. The summed E-state index contributed by atoms with van der Waals surface area (Å²) in [4.78, 5) is 28.8. The van der Waals surface area contributed by atoms with Crippen LogP contribution in [0.15, 0.2) is 18.2 Å². The third-order valence-electron chi connectivity index (χ3n) is 5.98. The van der Waals surface area contributed by atoms with E-state index in [0.29, 0.717) is 12.0 Å². The van der Waals surface area contributed by atoms with Gasteiger partial charge in [-0.1, -0.05) is 12.8 Å². The monoisotopic (exact) mass is 407 g/mol. The van der Waals surface area contributed by atoms with Gasteiger partial charge >= 0.3 is 0 Å². The quantitative estimate of drug-likeness (QED) is 0.788. The molecule has 0 atom stereocenters. The van der Waals surface area contributed by atoms with Crippen LogP contribution in [0.25, 0.3) is 0 Å². The number of halogens is 2. The molecule has 1 aromatic carbocycles. The van der Waals surface area contributed by atoms with Gasteiger partial charge in [-0.15, -0.1) is 0 Å². The molecule has 7 heteroatoms. The van der Waals surface area contributed by atoms with Gasteiger partial charge in [0.05, 0.1) is 5.56 Å². The minimum atomic E-state index is -0.902. The molecule has 0 aromatic heterocycles. The lowest BCUT2D eigenvalue weighted by Gasteiger charge is -2.34. The number of benzene rings is 1. The van der Waals surface area contributed by atoms with Crippen molar-refractivity contribution in [1.29, 1.82) is 0 Å². The summed E-state index contributed by atoms with van der Waals surface area (Å²) in [6, 6.07) is 2.83. The number of nitrogens with one attached hydrogen (secondary N) is 1. The number of amides is 2. The Hall–Kier alpha value is -2.02. The molecule has 0 spiro atoms. The van der Waals surface area contributed by atoms with Crippen molar-refractivity contribution < 1.29 is 18.4 Å². The third-order valence-corrected chi connectivity index (χ3v) is 5.98. The van der Waals surface area contributed by atoms with E-state index >= 15 is 0 Å². The lowest BCUT2D eigenvalue weighted by molar-refractivity contribution is -0.132. The average Bonchev–Trinajstić information content (AvgIpc) is 2.97. The Kier molecular flexibility index (Phi) is 7.98.